The first kappa shape index (κ1) is 25.0. The van der Waals surface area contributed by atoms with Gasteiger partial charge in [-0.3, -0.25) is 0 Å². The number of halogens is 3. The van der Waals surface area contributed by atoms with Crippen molar-refractivity contribution in [1.82, 2.24) is 0 Å². The van der Waals surface area contributed by atoms with Gasteiger partial charge < -0.3 is 18.9 Å². The van der Waals surface area contributed by atoms with Crippen molar-refractivity contribution in [2.24, 2.45) is 0 Å². The molecule has 1 aliphatic rings. The largest absolute Gasteiger partial charge is 0.493 e. The van der Waals surface area contributed by atoms with Gasteiger partial charge in [-0.2, -0.15) is 0 Å². The summed E-state index contributed by atoms with van der Waals surface area (Å²) in [5.41, 5.74) is -0.405. The monoisotopic (exact) mass is 464 g/mol. The first-order chi connectivity index (χ1) is 16.0. The third kappa shape index (κ3) is 6.90. The van der Waals surface area contributed by atoms with Gasteiger partial charge in [0.25, 0.3) is 6.43 Å². The molecule has 2 unspecified atom stereocenters. The molecule has 1 heterocycles. The number of hydrogen-bond donors (Lipinski definition) is 0. The number of rotatable bonds is 12. The van der Waals surface area contributed by atoms with Crippen molar-refractivity contribution >= 4 is 0 Å². The van der Waals surface area contributed by atoms with Gasteiger partial charge in [-0.1, -0.05) is 32.1 Å². The van der Waals surface area contributed by atoms with Crippen molar-refractivity contribution in [2.45, 2.75) is 51.1 Å². The highest BCUT2D eigenvalue weighted by Crippen LogP contribution is 2.38. The highest BCUT2D eigenvalue weighted by molar-refractivity contribution is 5.41. The predicted molar refractivity (Wildman–Crippen MR) is 121 cm³/mol. The summed E-state index contributed by atoms with van der Waals surface area (Å²) in [6.45, 7) is 6.91. The molecule has 4 nitrogen and oxygen atoms in total. The second kappa shape index (κ2) is 12.5. The summed E-state index contributed by atoms with van der Waals surface area (Å²) in [4.78, 5) is 0. The van der Waals surface area contributed by atoms with Gasteiger partial charge in [0.1, 0.15) is 36.3 Å². The Morgan fingerprint density at radius 1 is 1.06 bits per heavy atom. The molecule has 1 saturated heterocycles. The van der Waals surface area contributed by atoms with Crippen molar-refractivity contribution in [1.29, 1.82) is 0 Å². The molecule has 0 bridgehead atoms. The minimum absolute atomic E-state index is 0.0800. The summed E-state index contributed by atoms with van der Waals surface area (Å²) in [7, 11) is 0. The van der Waals surface area contributed by atoms with Crippen LogP contribution in [0.2, 0.25) is 0 Å². The van der Waals surface area contributed by atoms with Gasteiger partial charge in [-0.25, -0.2) is 13.2 Å². The Labute approximate surface area is 193 Å². The summed E-state index contributed by atoms with van der Waals surface area (Å²) in [6.07, 6.45) is 1.44. The summed E-state index contributed by atoms with van der Waals surface area (Å²) in [5.74, 6) is 0.165. The first-order valence-electron chi connectivity index (χ1n) is 11.3. The lowest BCUT2D eigenvalue weighted by atomic mass is 9.89. The lowest BCUT2D eigenvalue weighted by molar-refractivity contribution is -0.0218. The van der Waals surface area contributed by atoms with Gasteiger partial charge in [0.2, 0.25) is 0 Å². The van der Waals surface area contributed by atoms with E-state index < -0.39 is 17.8 Å². The van der Waals surface area contributed by atoms with Crippen molar-refractivity contribution < 1.29 is 32.1 Å². The number of alkyl halides is 2. The Morgan fingerprint density at radius 3 is 2.39 bits per heavy atom. The molecule has 0 aliphatic carbocycles. The highest BCUT2D eigenvalue weighted by Gasteiger charge is 2.29. The van der Waals surface area contributed by atoms with Crippen LogP contribution < -0.4 is 14.2 Å². The SMILES string of the molecule is C=CCOc1ccc(OCC2CCC(c3ccc(OCCCC)c(C(F)F)c3F)CO2)cc1. The molecule has 0 aromatic heterocycles. The quantitative estimate of drug-likeness (QED) is 0.254. The molecule has 33 heavy (non-hydrogen) atoms. The van der Waals surface area contributed by atoms with Crippen LogP contribution in [-0.4, -0.2) is 32.5 Å². The number of unbranched alkanes of at least 4 members (excludes halogenated alkanes) is 1. The van der Waals surface area contributed by atoms with Gasteiger partial charge in [0.05, 0.1) is 24.9 Å². The van der Waals surface area contributed by atoms with Crippen LogP contribution in [0.1, 0.15) is 56.1 Å². The van der Waals surface area contributed by atoms with E-state index in [9.17, 15) is 13.2 Å². The molecular formula is C26H31F3O4. The van der Waals surface area contributed by atoms with E-state index in [4.69, 9.17) is 18.9 Å². The highest BCUT2D eigenvalue weighted by atomic mass is 19.3. The van der Waals surface area contributed by atoms with Crippen LogP contribution in [0.15, 0.2) is 49.1 Å². The third-order valence-electron chi connectivity index (χ3n) is 5.58. The molecule has 0 spiro atoms. The molecule has 2 aromatic carbocycles. The zero-order valence-electron chi connectivity index (χ0n) is 18.9. The van der Waals surface area contributed by atoms with Crippen molar-refractivity contribution in [3.8, 4) is 17.2 Å². The molecule has 3 rings (SSSR count). The number of ether oxygens (including phenoxy) is 4. The summed E-state index contributed by atoms with van der Waals surface area (Å²) in [5, 5.41) is 0. The maximum absolute atomic E-state index is 15.0. The van der Waals surface area contributed by atoms with Crippen molar-refractivity contribution in [2.75, 3.05) is 26.4 Å². The van der Waals surface area contributed by atoms with E-state index in [0.717, 1.165) is 18.6 Å². The first-order valence-corrected chi connectivity index (χ1v) is 11.3. The standard InChI is InChI=1S/C26H31F3O4/c1-3-5-15-31-23-13-12-22(25(27)24(23)26(28)29)18-6-7-21(32-16-18)17-33-20-10-8-19(9-11-20)30-14-4-2/h4,8-13,18,21,26H,2-3,5-7,14-17H2,1H3. The molecule has 1 aliphatic heterocycles. The van der Waals surface area contributed by atoms with Crippen LogP contribution in [0.25, 0.3) is 0 Å². The van der Waals surface area contributed by atoms with E-state index >= 15 is 0 Å². The Balaban J connectivity index is 1.54. The van der Waals surface area contributed by atoms with Gasteiger partial charge in [0.15, 0.2) is 0 Å². The zero-order chi connectivity index (χ0) is 23.6. The summed E-state index contributed by atoms with van der Waals surface area (Å²) >= 11 is 0. The van der Waals surface area contributed by atoms with Crippen molar-refractivity contribution in [3.63, 3.8) is 0 Å². The van der Waals surface area contributed by atoms with Gasteiger partial charge >= 0.3 is 0 Å². The summed E-state index contributed by atoms with van der Waals surface area (Å²) in [6, 6.07) is 10.3. The maximum atomic E-state index is 15.0. The minimum atomic E-state index is -2.94. The summed E-state index contributed by atoms with van der Waals surface area (Å²) < 4.78 is 64.6. The van der Waals surface area contributed by atoms with E-state index in [1.54, 1.807) is 12.1 Å². The fourth-order valence-corrected chi connectivity index (χ4v) is 3.72. The van der Waals surface area contributed by atoms with Gasteiger partial charge in [-0.15, -0.1) is 0 Å². The molecule has 0 saturated carbocycles. The van der Waals surface area contributed by atoms with Gasteiger partial charge in [0, 0.05) is 5.92 Å². The van der Waals surface area contributed by atoms with Crippen LogP contribution in [0.4, 0.5) is 13.2 Å². The molecule has 1 fully saturated rings. The van der Waals surface area contributed by atoms with Crippen LogP contribution in [0.3, 0.4) is 0 Å². The number of benzene rings is 2. The van der Waals surface area contributed by atoms with E-state index in [0.29, 0.717) is 31.8 Å². The fraction of sp³-hybridized carbons (Fsp3) is 0.462. The molecule has 0 radical (unpaired) electrons. The smallest absolute Gasteiger partial charge is 0.270 e. The lowest BCUT2D eigenvalue weighted by Gasteiger charge is -2.30. The molecule has 0 amide bonds. The van der Waals surface area contributed by atoms with Crippen LogP contribution in [0, 0.1) is 5.82 Å². The second-order valence-corrected chi connectivity index (χ2v) is 7.99. The average molecular weight is 465 g/mol. The van der Waals surface area contributed by atoms with Crippen molar-refractivity contribution in [3.05, 3.63) is 66.0 Å². The molecule has 180 valence electrons. The van der Waals surface area contributed by atoms with Crippen LogP contribution in [0.5, 0.6) is 17.2 Å². The maximum Gasteiger partial charge on any atom is 0.270 e. The molecule has 0 N–H and O–H groups in total. The molecule has 2 aromatic rings. The molecular weight excluding hydrogens is 433 g/mol. The topological polar surface area (TPSA) is 36.9 Å². The van der Waals surface area contributed by atoms with E-state index in [2.05, 4.69) is 6.58 Å². The Bertz CT molecular complexity index is 878. The van der Waals surface area contributed by atoms with Crippen LogP contribution >= 0.6 is 0 Å². The minimum Gasteiger partial charge on any atom is -0.493 e. The predicted octanol–water partition coefficient (Wildman–Crippen LogP) is 6.85. The second-order valence-electron chi connectivity index (χ2n) is 7.99. The Morgan fingerprint density at radius 2 is 1.79 bits per heavy atom. The van der Waals surface area contributed by atoms with E-state index in [1.165, 1.54) is 6.07 Å². The zero-order valence-corrected chi connectivity index (χ0v) is 18.9. The fourth-order valence-electron chi connectivity index (χ4n) is 3.72. The molecule has 2 atom stereocenters. The Kier molecular flexibility index (Phi) is 9.48. The number of hydrogen-bond acceptors (Lipinski definition) is 4. The average Bonchev–Trinajstić information content (AvgIpc) is 2.82. The molecule has 7 heteroatoms. The lowest BCUT2D eigenvalue weighted by Crippen LogP contribution is -2.30. The van der Waals surface area contributed by atoms with E-state index in [-0.39, 0.29) is 36.5 Å². The third-order valence-corrected chi connectivity index (χ3v) is 5.58. The Hall–Kier alpha value is -2.67. The van der Waals surface area contributed by atoms with Crippen LogP contribution in [-0.2, 0) is 4.74 Å². The van der Waals surface area contributed by atoms with E-state index in [1.807, 2.05) is 31.2 Å². The van der Waals surface area contributed by atoms with Gasteiger partial charge in [-0.05, 0) is 55.2 Å². The normalized spacial score (nSPS) is 18.2.